The third-order valence-electron chi connectivity index (χ3n) is 4.03. The zero-order valence-electron chi connectivity index (χ0n) is 17.2. The molecule has 0 unspecified atom stereocenters. The SMILES string of the molecule is CC.Cc1ccc(Sn2cc(CCC(=O)O)c3cc(OC(C)C)ccc32)cc1. The number of nitrogens with zero attached hydrogens (tertiary/aromatic N) is 1. The first-order valence-corrected chi connectivity index (χ1v) is 10.5. The Morgan fingerprint density at radius 2 is 1.82 bits per heavy atom. The van der Waals surface area contributed by atoms with Crippen LogP contribution in [0.4, 0.5) is 0 Å². The van der Waals surface area contributed by atoms with Crippen LogP contribution in [0.25, 0.3) is 10.9 Å². The molecule has 3 aromatic rings. The molecule has 4 nitrogen and oxygen atoms in total. The molecule has 3 rings (SSSR count). The van der Waals surface area contributed by atoms with Crippen molar-refractivity contribution in [3.63, 3.8) is 0 Å². The van der Waals surface area contributed by atoms with Gasteiger partial charge in [0.05, 0.1) is 11.6 Å². The minimum absolute atomic E-state index is 0.0962. The van der Waals surface area contributed by atoms with Gasteiger partial charge < -0.3 is 9.84 Å². The van der Waals surface area contributed by atoms with Gasteiger partial charge in [-0.15, -0.1) is 0 Å². The van der Waals surface area contributed by atoms with Gasteiger partial charge in [0.2, 0.25) is 0 Å². The molecule has 0 spiro atoms. The van der Waals surface area contributed by atoms with Crippen LogP contribution in [-0.2, 0) is 11.2 Å². The average molecular weight is 400 g/mol. The second kappa shape index (κ2) is 10.2. The number of ether oxygens (including phenoxy) is 1. The third kappa shape index (κ3) is 5.80. The molecule has 2 aromatic carbocycles. The van der Waals surface area contributed by atoms with Gasteiger partial charge in [-0.2, -0.15) is 0 Å². The molecule has 0 amide bonds. The molecule has 0 bridgehead atoms. The first kappa shape index (κ1) is 21.9. The monoisotopic (exact) mass is 399 g/mol. The predicted molar refractivity (Wildman–Crippen MR) is 117 cm³/mol. The maximum Gasteiger partial charge on any atom is 0.303 e. The summed E-state index contributed by atoms with van der Waals surface area (Å²) in [5.41, 5.74) is 3.31. The van der Waals surface area contributed by atoms with Crippen LogP contribution in [-0.4, -0.2) is 21.2 Å². The molecule has 1 heterocycles. The minimum Gasteiger partial charge on any atom is -0.491 e. The van der Waals surface area contributed by atoms with Crippen LogP contribution in [0.5, 0.6) is 5.75 Å². The summed E-state index contributed by atoms with van der Waals surface area (Å²) in [4.78, 5) is 12.2. The number of carboxylic acids is 1. The van der Waals surface area contributed by atoms with Crippen molar-refractivity contribution in [1.82, 2.24) is 3.97 Å². The molecular formula is C23H29NO3S. The van der Waals surface area contributed by atoms with E-state index in [1.165, 1.54) is 5.56 Å². The first-order chi connectivity index (χ1) is 13.4. The number of carboxylic acid groups (broad SMARTS) is 1. The Labute approximate surface area is 171 Å². The van der Waals surface area contributed by atoms with Crippen LogP contribution < -0.4 is 4.74 Å². The summed E-state index contributed by atoms with van der Waals surface area (Å²) in [6.45, 7) is 10.1. The number of aryl methyl sites for hydroxylation is 2. The van der Waals surface area contributed by atoms with E-state index < -0.39 is 5.97 Å². The summed E-state index contributed by atoms with van der Waals surface area (Å²) in [5, 5.41) is 10.1. The molecule has 0 radical (unpaired) electrons. The van der Waals surface area contributed by atoms with E-state index in [1.807, 2.05) is 52.1 Å². The molecule has 0 aliphatic rings. The number of fused-ring (bicyclic) bond motifs is 1. The van der Waals surface area contributed by atoms with Gasteiger partial charge >= 0.3 is 5.97 Å². The van der Waals surface area contributed by atoms with Gasteiger partial charge in [0.25, 0.3) is 0 Å². The highest BCUT2D eigenvalue weighted by atomic mass is 32.2. The molecule has 0 atom stereocenters. The minimum atomic E-state index is -0.785. The van der Waals surface area contributed by atoms with E-state index in [4.69, 9.17) is 9.84 Å². The zero-order valence-corrected chi connectivity index (χ0v) is 18.0. The van der Waals surface area contributed by atoms with E-state index in [2.05, 4.69) is 35.2 Å². The molecule has 0 aliphatic heterocycles. The summed E-state index contributed by atoms with van der Waals surface area (Å²) in [7, 11) is 0. The molecule has 0 saturated carbocycles. The van der Waals surface area contributed by atoms with E-state index in [0.717, 1.165) is 27.1 Å². The van der Waals surface area contributed by atoms with Crippen LogP contribution in [0.15, 0.2) is 53.6 Å². The Hall–Kier alpha value is -2.40. The van der Waals surface area contributed by atoms with Gasteiger partial charge in [-0.1, -0.05) is 31.5 Å². The number of aromatic nitrogens is 1. The summed E-state index contributed by atoms with van der Waals surface area (Å²) >= 11 is 1.63. The molecule has 150 valence electrons. The van der Waals surface area contributed by atoms with Crippen molar-refractivity contribution in [1.29, 1.82) is 0 Å². The molecule has 0 fully saturated rings. The second-order valence-corrected chi connectivity index (χ2v) is 7.67. The van der Waals surface area contributed by atoms with E-state index in [9.17, 15) is 4.79 Å². The van der Waals surface area contributed by atoms with Gasteiger partial charge in [-0.3, -0.25) is 8.77 Å². The maximum absolute atomic E-state index is 11.0. The van der Waals surface area contributed by atoms with Gasteiger partial charge in [0, 0.05) is 22.9 Å². The fourth-order valence-electron chi connectivity index (χ4n) is 2.82. The zero-order chi connectivity index (χ0) is 20.7. The highest BCUT2D eigenvalue weighted by molar-refractivity contribution is 7.98. The largest absolute Gasteiger partial charge is 0.491 e. The average Bonchev–Trinajstić information content (AvgIpc) is 3.00. The highest BCUT2D eigenvalue weighted by Crippen LogP contribution is 2.33. The Morgan fingerprint density at radius 3 is 2.43 bits per heavy atom. The fraction of sp³-hybridized carbons (Fsp3) is 0.348. The summed E-state index contributed by atoms with van der Waals surface area (Å²) < 4.78 is 7.92. The molecular weight excluding hydrogens is 370 g/mol. The van der Waals surface area contributed by atoms with E-state index in [-0.39, 0.29) is 12.5 Å². The summed E-state index contributed by atoms with van der Waals surface area (Å²) in [6.07, 6.45) is 2.75. The van der Waals surface area contributed by atoms with Gasteiger partial charge in [-0.25, -0.2) is 0 Å². The van der Waals surface area contributed by atoms with E-state index >= 15 is 0 Å². The molecule has 5 heteroatoms. The lowest BCUT2D eigenvalue weighted by molar-refractivity contribution is -0.136. The van der Waals surface area contributed by atoms with Crippen molar-refractivity contribution in [2.24, 2.45) is 0 Å². The number of rotatable bonds is 7. The number of carbonyl (C=O) groups is 1. The van der Waals surface area contributed by atoms with Crippen LogP contribution in [0.3, 0.4) is 0 Å². The van der Waals surface area contributed by atoms with Crippen LogP contribution in [0.1, 0.15) is 45.2 Å². The topological polar surface area (TPSA) is 51.5 Å². The Kier molecular flexibility index (Phi) is 8.00. The van der Waals surface area contributed by atoms with Crippen molar-refractivity contribution in [2.75, 3.05) is 0 Å². The van der Waals surface area contributed by atoms with Crippen molar-refractivity contribution < 1.29 is 14.6 Å². The Morgan fingerprint density at radius 1 is 1.14 bits per heavy atom. The second-order valence-electron chi connectivity index (χ2n) is 6.62. The molecule has 28 heavy (non-hydrogen) atoms. The standard InChI is InChI=1S/C21H23NO3S.C2H6/c1-14(2)25-17-7-10-20-19(12-17)16(6-11-21(23)24)13-22(20)26-18-8-4-15(3)5-9-18;1-2/h4-5,7-10,12-14H,6,11H2,1-3H3,(H,23,24);1-2H3. The van der Waals surface area contributed by atoms with Crippen LogP contribution in [0.2, 0.25) is 0 Å². The Balaban J connectivity index is 0.00000136. The lowest BCUT2D eigenvalue weighted by Crippen LogP contribution is -2.05. The van der Waals surface area contributed by atoms with Gasteiger partial charge in [-0.05, 0) is 75.0 Å². The predicted octanol–water partition coefficient (Wildman–Crippen LogP) is 6.34. The summed E-state index contributed by atoms with van der Waals surface area (Å²) in [6, 6.07) is 14.4. The molecule has 0 aliphatic carbocycles. The Bertz CT molecular complexity index is 913. The van der Waals surface area contributed by atoms with Crippen molar-refractivity contribution in [3.8, 4) is 5.75 Å². The summed E-state index contributed by atoms with van der Waals surface area (Å²) in [5.74, 6) is 0.0221. The normalized spacial score (nSPS) is 10.6. The van der Waals surface area contributed by atoms with E-state index in [1.54, 1.807) is 11.9 Å². The highest BCUT2D eigenvalue weighted by Gasteiger charge is 2.13. The fourth-order valence-corrected chi connectivity index (χ4v) is 3.74. The van der Waals surface area contributed by atoms with Crippen LogP contribution >= 0.6 is 11.9 Å². The third-order valence-corrected chi connectivity index (χ3v) is 5.01. The smallest absolute Gasteiger partial charge is 0.303 e. The number of benzene rings is 2. The van der Waals surface area contributed by atoms with Gasteiger partial charge in [0.15, 0.2) is 0 Å². The van der Waals surface area contributed by atoms with Crippen LogP contribution in [0, 0.1) is 6.92 Å². The first-order valence-electron chi connectivity index (χ1n) is 9.70. The number of hydrogen-bond donors (Lipinski definition) is 1. The van der Waals surface area contributed by atoms with Crippen molar-refractivity contribution in [2.45, 2.75) is 58.5 Å². The maximum atomic E-state index is 11.0. The van der Waals surface area contributed by atoms with Crippen molar-refractivity contribution >= 4 is 28.8 Å². The lowest BCUT2D eigenvalue weighted by atomic mass is 10.1. The number of hydrogen-bond acceptors (Lipinski definition) is 3. The molecule has 1 N–H and O–H groups in total. The molecule has 0 saturated heterocycles. The van der Waals surface area contributed by atoms with Gasteiger partial charge in [0.1, 0.15) is 5.75 Å². The lowest BCUT2D eigenvalue weighted by Gasteiger charge is -2.10. The number of aliphatic carboxylic acids is 1. The van der Waals surface area contributed by atoms with Crippen molar-refractivity contribution in [3.05, 3.63) is 59.8 Å². The van der Waals surface area contributed by atoms with E-state index in [0.29, 0.717) is 6.42 Å². The molecule has 1 aromatic heterocycles. The quantitative estimate of drug-likeness (QED) is 0.504.